The van der Waals surface area contributed by atoms with Gasteiger partial charge in [0.1, 0.15) is 5.60 Å². The van der Waals surface area contributed by atoms with Gasteiger partial charge in [-0.3, -0.25) is 0 Å². The van der Waals surface area contributed by atoms with Crippen molar-refractivity contribution in [3.63, 3.8) is 0 Å². The number of nitrogens with two attached hydrogens (primary N) is 1. The molecule has 0 saturated carbocycles. The van der Waals surface area contributed by atoms with Gasteiger partial charge in [0.25, 0.3) is 0 Å². The second kappa shape index (κ2) is 4.81. The number of carbonyl (C=O) groups excluding carboxylic acids is 1. The Balaban J connectivity index is 2.44. The fraction of sp³-hybridized carbons (Fsp3) is 0.900. The molecule has 0 bridgehead atoms. The minimum absolute atomic E-state index is 0.0496. The third-order valence-electron chi connectivity index (χ3n) is 2.27. The average Bonchev–Trinajstić information content (AvgIpc) is 2.15. The van der Waals surface area contributed by atoms with E-state index in [0.717, 1.165) is 25.9 Å². The summed E-state index contributed by atoms with van der Waals surface area (Å²) in [4.78, 5) is 11.6. The molecular weight excluding hydrogens is 194 g/mol. The predicted molar refractivity (Wildman–Crippen MR) is 58.2 cm³/mol. The standard InChI is InChI=1S/C10H21N3O2/c1-10(2,3)15-9(14)13(11)8-5-4-6-12-7-8/h8,12H,4-7,11H2,1-3H3. The van der Waals surface area contributed by atoms with Crippen molar-refractivity contribution in [2.75, 3.05) is 13.1 Å². The highest BCUT2D eigenvalue weighted by Crippen LogP contribution is 2.12. The zero-order valence-electron chi connectivity index (χ0n) is 9.75. The van der Waals surface area contributed by atoms with Crippen LogP contribution >= 0.6 is 0 Å². The van der Waals surface area contributed by atoms with Gasteiger partial charge in [0.15, 0.2) is 0 Å². The molecule has 5 nitrogen and oxygen atoms in total. The molecule has 88 valence electrons. The van der Waals surface area contributed by atoms with E-state index in [1.165, 1.54) is 5.01 Å². The first-order valence-electron chi connectivity index (χ1n) is 5.38. The quantitative estimate of drug-likeness (QED) is 0.386. The van der Waals surface area contributed by atoms with E-state index in [2.05, 4.69) is 5.32 Å². The number of amides is 1. The fourth-order valence-electron chi connectivity index (χ4n) is 1.53. The van der Waals surface area contributed by atoms with Gasteiger partial charge in [0.2, 0.25) is 0 Å². The van der Waals surface area contributed by atoms with Crippen LogP contribution in [0.2, 0.25) is 0 Å². The maximum absolute atomic E-state index is 11.6. The molecule has 1 aliphatic rings. The minimum atomic E-state index is -0.489. The smallest absolute Gasteiger partial charge is 0.424 e. The van der Waals surface area contributed by atoms with Gasteiger partial charge in [0.05, 0.1) is 6.04 Å². The number of nitrogens with zero attached hydrogens (tertiary/aromatic N) is 1. The summed E-state index contributed by atoms with van der Waals surface area (Å²) in [6, 6.07) is 0.0496. The molecule has 1 saturated heterocycles. The Hall–Kier alpha value is -0.810. The zero-order chi connectivity index (χ0) is 11.5. The van der Waals surface area contributed by atoms with Crippen LogP contribution in [0.4, 0.5) is 4.79 Å². The third kappa shape index (κ3) is 4.05. The summed E-state index contributed by atoms with van der Waals surface area (Å²) in [5, 5.41) is 4.41. The van der Waals surface area contributed by atoms with Crippen LogP contribution in [0.5, 0.6) is 0 Å². The van der Waals surface area contributed by atoms with Crippen molar-refractivity contribution in [2.24, 2.45) is 5.84 Å². The molecule has 3 N–H and O–H groups in total. The van der Waals surface area contributed by atoms with Gasteiger partial charge in [0, 0.05) is 6.54 Å². The summed E-state index contributed by atoms with van der Waals surface area (Å²) in [5.41, 5.74) is -0.489. The van der Waals surface area contributed by atoms with E-state index in [0.29, 0.717) is 0 Å². The van der Waals surface area contributed by atoms with E-state index in [-0.39, 0.29) is 6.04 Å². The lowest BCUT2D eigenvalue weighted by molar-refractivity contribution is 0.0133. The molecule has 1 fully saturated rings. The topological polar surface area (TPSA) is 67.6 Å². The van der Waals surface area contributed by atoms with E-state index < -0.39 is 11.7 Å². The van der Waals surface area contributed by atoms with E-state index in [4.69, 9.17) is 10.6 Å². The Morgan fingerprint density at radius 2 is 2.20 bits per heavy atom. The molecule has 0 aromatic heterocycles. The first kappa shape index (κ1) is 12.3. The van der Waals surface area contributed by atoms with Gasteiger partial charge in [-0.25, -0.2) is 15.6 Å². The highest BCUT2D eigenvalue weighted by Gasteiger charge is 2.26. The van der Waals surface area contributed by atoms with Crippen LogP contribution in [-0.2, 0) is 4.74 Å². The van der Waals surface area contributed by atoms with Crippen molar-refractivity contribution in [3.8, 4) is 0 Å². The normalized spacial score (nSPS) is 22.3. The summed E-state index contributed by atoms with van der Waals surface area (Å²) in [6.07, 6.45) is 1.53. The molecule has 5 heteroatoms. The maximum atomic E-state index is 11.6. The summed E-state index contributed by atoms with van der Waals surface area (Å²) >= 11 is 0. The first-order chi connectivity index (χ1) is 6.90. The lowest BCUT2D eigenvalue weighted by Gasteiger charge is -2.32. The molecule has 1 aliphatic heterocycles. The Bertz CT molecular complexity index is 219. The van der Waals surface area contributed by atoms with Crippen molar-refractivity contribution >= 4 is 6.09 Å². The van der Waals surface area contributed by atoms with Crippen molar-refractivity contribution in [1.29, 1.82) is 0 Å². The molecule has 0 spiro atoms. The average molecular weight is 215 g/mol. The highest BCUT2D eigenvalue weighted by atomic mass is 16.6. The van der Waals surface area contributed by atoms with Crippen LogP contribution in [0, 0.1) is 0 Å². The number of carbonyl (C=O) groups is 1. The van der Waals surface area contributed by atoms with E-state index in [9.17, 15) is 4.79 Å². The molecule has 1 atom stereocenters. The Morgan fingerprint density at radius 1 is 1.53 bits per heavy atom. The number of piperidine rings is 1. The van der Waals surface area contributed by atoms with E-state index >= 15 is 0 Å². The Morgan fingerprint density at radius 3 is 2.67 bits per heavy atom. The lowest BCUT2D eigenvalue weighted by Crippen LogP contribution is -2.53. The van der Waals surface area contributed by atoms with Crippen molar-refractivity contribution in [1.82, 2.24) is 10.3 Å². The molecule has 1 unspecified atom stereocenters. The van der Waals surface area contributed by atoms with Gasteiger partial charge in [-0.1, -0.05) is 0 Å². The van der Waals surface area contributed by atoms with Gasteiger partial charge in [-0.15, -0.1) is 0 Å². The second-order valence-electron chi connectivity index (χ2n) is 4.89. The SMILES string of the molecule is CC(C)(C)OC(=O)N(N)C1CCCNC1. The van der Waals surface area contributed by atoms with Gasteiger partial charge < -0.3 is 10.1 Å². The molecule has 0 aliphatic carbocycles. The van der Waals surface area contributed by atoms with Gasteiger partial charge in [-0.05, 0) is 40.2 Å². The number of hydrogen-bond acceptors (Lipinski definition) is 4. The van der Waals surface area contributed by atoms with Gasteiger partial charge >= 0.3 is 6.09 Å². The number of hydrogen-bond donors (Lipinski definition) is 2. The van der Waals surface area contributed by atoms with E-state index in [1.807, 2.05) is 20.8 Å². The Kier molecular flexibility index (Phi) is 3.93. The summed E-state index contributed by atoms with van der Waals surface area (Å²) < 4.78 is 5.19. The molecule has 1 amide bonds. The van der Waals surface area contributed by atoms with Crippen molar-refractivity contribution in [3.05, 3.63) is 0 Å². The predicted octanol–water partition coefficient (Wildman–Crippen LogP) is 0.849. The van der Waals surface area contributed by atoms with Gasteiger partial charge in [-0.2, -0.15) is 0 Å². The summed E-state index contributed by atoms with van der Waals surface area (Å²) in [5.74, 6) is 5.72. The third-order valence-corrected chi connectivity index (χ3v) is 2.27. The van der Waals surface area contributed by atoms with Crippen LogP contribution in [0.1, 0.15) is 33.6 Å². The number of nitrogens with one attached hydrogen (secondary N) is 1. The summed E-state index contributed by atoms with van der Waals surface area (Å²) in [6.45, 7) is 7.24. The molecule has 15 heavy (non-hydrogen) atoms. The van der Waals surface area contributed by atoms with Crippen molar-refractivity contribution in [2.45, 2.75) is 45.3 Å². The second-order valence-corrected chi connectivity index (χ2v) is 4.89. The number of ether oxygens (including phenoxy) is 1. The largest absolute Gasteiger partial charge is 0.443 e. The maximum Gasteiger partial charge on any atom is 0.424 e. The monoisotopic (exact) mass is 215 g/mol. The Labute approximate surface area is 90.9 Å². The van der Waals surface area contributed by atoms with Crippen molar-refractivity contribution < 1.29 is 9.53 Å². The van der Waals surface area contributed by atoms with Crippen LogP contribution in [0.15, 0.2) is 0 Å². The molecule has 0 aromatic carbocycles. The zero-order valence-corrected chi connectivity index (χ0v) is 9.75. The van der Waals surface area contributed by atoms with Crippen LogP contribution < -0.4 is 11.2 Å². The molecule has 1 heterocycles. The highest BCUT2D eigenvalue weighted by molar-refractivity contribution is 5.67. The fourth-order valence-corrected chi connectivity index (χ4v) is 1.53. The molecular formula is C10H21N3O2. The lowest BCUT2D eigenvalue weighted by atomic mass is 10.1. The van der Waals surface area contributed by atoms with Crippen LogP contribution in [0.25, 0.3) is 0 Å². The molecule has 1 rings (SSSR count). The van der Waals surface area contributed by atoms with Crippen LogP contribution in [-0.4, -0.2) is 35.8 Å². The minimum Gasteiger partial charge on any atom is -0.443 e. The first-order valence-corrected chi connectivity index (χ1v) is 5.38. The summed E-state index contributed by atoms with van der Waals surface area (Å²) in [7, 11) is 0. The molecule has 0 radical (unpaired) electrons. The number of hydrazine groups is 1. The number of rotatable bonds is 1. The molecule has 0 aromatic rings. The van der Waals surface area contributed by atoms with E-state index in [1.54, 1.807) is 0 Å². The van der Waals surface area contributed by atoms with Crippen LogP contribution in [0.3, 0.4) is 0 Å².